The lowest BCUT2D eigenvalue weighted by atomic mass is 10.3. The molecule has 0 aliphatic rings. The third-order valence-electron chi connectivity index (χ3n) is 1.82. The highest BCUT2D eigenvalue weighted by molar-refractivity contribution is 5.76. The van der Waals surface area contributed by atoms with E-state index in [1.54, 1.807) is 18.3 Å². The number of carbonyl (C=O) groups excluding carboxylic acids is 1. The highest BCUT2D eigenvalue weighted by Gasteiger charge is 1.98. The fourth-order valence-electron chi connectivity index (χ4n) is 1.10. The van der Waals surface area contributed by atoms with E-state index in [-0.39, 0.29) is 5.91 Å². The maximum absolute atomic E-state index is 11.1. The predicted molar refractivity (Wildman–Crippen MR) is 60.4 cm³/mol. The molecule has 5 nitrogen and oxygen atoms in total. The van der Waals surface area contributed by atoms with Crippen molar-refractivity contribution in [3.8, 4) is 0 Å². The standard InChI is InChI=1S/C10H16N4O/c1-2-12-10(15)5-6-13-9-4-3-8(11)7-14-9/h3-4,7H,2,5-6,11H2,1H3,(H,12,15)(H,13,14). The van der Waals surface area contributed by atoms with Crippen LogP contribution in [-0.2, 0) is 4.79 Å². The molecule has 1 heterocycles. The van der Waals surface area contributed by atoms with Gasteiger partial charge in [-0.25, -0.2) is 4.98 Å². The lowest BCUT2D eigenvalue weighted by Crippen LogP contribution is -2.24. The lowest BCUT2D eigenvalue weighted by molar-refractivity contribution is -0.120. The van der Waals surface area contributed by atoms with Gasteiger partial charge in [-0.3, -0.25) is 4.79 Å². The molecule has 82 valence electrons. The normalized spacial score (nSPS) is 9.67. The first-order valence-electron chi connectivity index (χ1n) is 4.94. The Balaban J connectivity index is 2.26. The summed E-state index contributed by atoms with van der Waals surface area (Å²) in [6, 6.07) is 3.55. The molecule has 0 radical (unpaired) electrons. The van der Waals surface area contributed by atoms with Crippen molar-refractivity contribution in [2.75, 3.05) is 24.1 Å². The van der Waals surface area contributed by atoms with Crippen molar-refractivity contribution in [2.45, 2.75) is 13.3 Å². The quantitative estimate of drug-likeness (QED) is 0.662. The number of hydrogen-bond donors (Lipinski definition) is 3. The van der Waals surface area contributed by atoms with Crippen LogP contribution in [0.5, 0.6) is 0 Å². The van der Waals surface area contributed by atoms with E-state index < -0.39 is 0 Å². The second-order valence-electron chi connectivity index (χ2n) is 3.11. The summed E-state index contributed by atoms with van der Waals surface area (Å²) >= 11 is 0. The number of amides is 1. The third-order valence-corrected chi connectivity index (χ3v) is 1.82. The molecular weight excluding hydrogens is 192 g/mol. The highest BCUT2D eigenvalue weighted by Crippen LogP contribution is 2.05. The van der Waals surface area contributed by atoms with E-state index in [4.69, 9.17) is 5.73 Å². The summed E-state index contributed by atoms with van der Waals surface area (Å²) in [5, 5.41) is 5.76. The van der Waals surface area contributed by atoms with Gasteiger partial charge < -0.3 is 16.4 Å². The second kappa shape index (κ2) is 5.85. The zero-order chi connectivity index (χ0) is 11.1. The minimum Gasteiger partial charge on any atom is -0.397 e. The Bertz CT molecular complexity index is 310. The summed E-state index contributed by atoms with van der Waals surface area (Å²) in [4.78, 5) is 15.1. The van der Waals surface area contributed by atoms with E-state index in [1.165, 1.54) is 0 Å². The van der Waals surface area contributed by atoms with Gasteiger partial charge in [-0.15, -0.1) is 0 Å². The lowest BCUT2D eigenvalue weighted by Gasteiger charge is -2.05. The van der Waals surface area contributed by atoms with Gasteiger partial charge in [0.25, 0.3) is 0 Å². The molecule has 0 aromatic carbocycles. The van der Waals surface area contributed by atoms with Crippen molar-refractivity contribution >= 4 is 17.4 Å². The van der Waals surface area contributed by atoms with Gasteiger partial charge in [0.05, 0.1) is 11.9 Å². The highest BCUT2D eigenvalue weighted by atomic mass is 16.1. The molecule has 0 saturated heterocycles. The maximum atomic E-state index is 11.1. The van der Waals surface area contributed by atoms with Gasteiger partial charge >= 0.3 is 0 Å². The van der Waals surface area contributed by atoms with Gasteiger partial charge in [0.2, 0.25) is 5.91 Å². The summed E-state index contributed by atoms with van der Waals surface area (Å²) < 4.78 is 0. The van der Waals surface area contributed by atoms with E-state index in [1.807, 2.05) is 6.92 Å². The molecule has 5 heteroatoms. The van der Waals surface area contributed by atoms with Crippen LogP contribution in [0.15, 0.2) is 18.3 Å². The van der Waals surface area contributed by atoms with Crippen LogP contribution in [0.25, 0.3) is 0 Å². The molecule has 1 aromatic rings. The summed E-state index contributed by atoms with van der Waals surface area (Å²) in [6.07, 6.45) is 2.02. The Morgan fingerprint density at radius 3 is 2.93 bits per heavy atom. The number of hydrogen-bond acceptors (Lipinski definition) is 4. The smallest absolute Gasteiger partial charge is 0.221 e. The number of nitrogens with two attached hydrogens (primary N) is 1. The van der Waals surface area contributed by atoms with Crippen LogP contribution < -0.4 is 16.4 Å². The molecule has 1 amide bonds. The van der Waals surface area contributed by atoms with Gasteiger partial charge in [0.15, 0.2) is 0 Å². The number of nitrogens with one attached hydrogen (secondary N) is 2. The number of aromatic nitrogens is 1. The van der Waals surface area contributed by atoms with Gasteiger partial charge in [0.1, 0.15) is 5.82 Å². The first kappa shape index (κ1) is 11.3. The third kappa shape index (κ3) is 4.30. The minimum atomic E-state index is 0.0421. The SMILES string of the molecule is CCNC(=O)CCNc1ccc(N)cn1. The van der Waals surface area contributed by atoms with Gasteiger partial charge in [0, 0.05) is 19.5 Å². The number of rotatable bonds is 5. The van der Waals surface area contributed by atoms with E-state index in [0.717, 1.165) is 5.82 Å². The van der Waals surface area contributed by atoms with E-state index in [9.17, 15) is 4.79 Å². The number of anilines is 2. The van der Waals surface area contributed by atoms with E-state index >= 15 is 0 Å². The second-order valence-corrected chi connectivity index (χ2v) is 3.11. The Morgan fingerprint density at radius 2 is 2.33 bits per heavy atom. The summed E-state index contributed by atoms with van der Waals surface area (Å²) in [7, 11) is 0. The van der Waals surface area contributed by atoms with E-state index in [0.29, 0.717) is 25.2 Å². The molecule has 1 rings (SSSR count). The molecule has 0 atom stereocenters. The number of nitrogens with zero attached hydrogens (tertiary/aromatic N) is 1. The molecule has 0 bridgehead atoms. The molecule has 0 aliphatic carbocycles. The summed E-state index contributed by atoms with van der Waals surface area (Å²) in [5.74, 6) is 0.772. The van der Waals surface area contributed by atoms with Crippen molar-refractivity contribution < 1.29 is 4.79 Å². The number of nitrogen functional groups attached to an aromatic ring is 1. The number of pyridine rings is 1. The van der Waals surface area contributed by atoms with Crippen LogP contribution in [0.2, 0.25) is 0 Å². The van der Waals surface area contributed by atoms with Crippen molar-refractivity contribution in [3.63, 3.8) is 0 Å². The summed E-state index contributed by atoms with van der Waals surface area (Å²) in [6.45, 7) is 3.13. The van der Waals surface area contributed by atoms with Crippen LogP contribution >= 0.6 is 0 Å². The topological polar surface area (TPSA) is 80.0 Å². The predicted octanol–water partition coefficient (Wildman–Crippen LogP) is 0.602. The van der Waals surface area contributed by atoms with Crippen LogP contribution in [0.4, 0.5) is 11.5 Å². The Kier molecular flexibility index (Phi) is 4.40. The average molecular weight is 208 g/mol. The van der Waals surface area contributed by atoms with Crippen molar-refractivity contribution in [3.05, 3.63) is 18.3 Å². The fourth-order valence-corrected chi connectivity index (χ4v) is 1.10. The van der Waals surface area contributed by atoms with Crippen LogP contribution in [0, 0.1) is 0 Å². The molecular formula is C10H16N4O. The summed E-state index contributed by atoms with van der Waals surface area (Å²) in [5.41, 5.74) is 6.12. The first-order chi connectivity index (χ1) is 7.22. The molecule has 0 fully saturated rings. The van der Waals surface area contributed by atoms with Crippen molar-refractivity contribution in [2.24, 2.45) is 0 Å². The van der Waals surface area contributed by atoms with Crippen LogP contribution in [0.3, 0.4) is 0 Å². The zero-order valence-corrected chi connectivity index (χ0v) is 8.79. The average Bonchev–Trinajstić information content (AvgIpc) is 2.21. The van der Waals surface area contributed by atoms with Crippen molar-refractivity contribution in [1.29, 1.82) is 0 Å². The zero-order valence-electron chi connectivity index (χ0n) is 8.79. The van der Waals surface area contributed by atoms with Gasteiger partial charge in [-0.05, 0) is 19.1 Å². The molecule has 0 unspecified atom stereocenters. The largest absolute Gasteiger partial charge is 0.397 e. The van der Waals surface area contributed by atoms with Crippen LogP contribution in [-0.4, -0.2) is 24.0 Å². The Morgan fingerprint density at radius 1 is 1.53 bits per heavy atom. The van der Waals surface area contributed by atoms with Gasteiger partial charge in [-0.1, -0.05) is 0 Å². The van der Waals surface area contributed by atoms with Gasteiger partial charge in [-0.2, -0.15) is 0 Å². The molecule has 0 aliphatic heterocycles. The molecule has 1 aromatic heterocycles. The monoisotopic (exact) mass is 208 g/mol. The fraction of sp³-hybridized carbons (Fsp3) is 0.400. The van der Waals surface area contributed by atoms with Crippen molar-refractivity contribution in [1.82, 2.24) is 10.3 Å². The Hall–Kier alpha value is -1.78. The minimum absolute atomic E-state index is 0.0421. The molecule has 0 spiro atoms. The van der Waals surface area contributed by atoms with Crippen LogP contribution in [0.1, 0.15) is 13.3 Å². The number of carbonyl (C=O) groups is 1. The molecule has 15 heavy (non-hydrogen) atoms. The Labute approximate surface area is 89.1 Å². The molecule has 0 saturated carbocycles. The van der Waals surface area contributed by atoms with E-state index in [2.05, 4.69) is 15.6 Å². The first-order valence-corrected chi connectivity index (χ1v) is 4.94. The maximum Gasteiger partial charge on any atom is 0.221 e. The molecule has 4 N–H and O–H groups in total.